The fourth-order valence-corrected chi connectivity index (χ4v) is 2.49. The van der Waals surface area contributed by atoms with Crippen molar-refractivity contribution in [3.05, 3.63) is 81.9 Å². The Bertz CT molecular complexity index is 843. The van der Waals surface area contributed by atoms with Crippen molar-refractivity contribution in [1.29, 1.82) is 0 Å². The second-order valence-electron chi connectivity index (χ2n) is 5.13. The lowest BCUT2D eigenvalue weighted by Crippen LogP contribution is -2.00. The zero-order valence-electron chi connectivity index (χ0n) is 12.3. The molecule has 0 heterocycles. The number of non-ortho nitro benzene ring substituents is 1. The van der Waals surface area contributed by atoms with Gasteiger partial charge in [-0.25, -0.2) is 0 Å². The van der Waals surface area contributed by atoms with Crippen LogP contribution < -0.4 is 4.74 Å². The second-order valence-corrected chi connectivity index (χ2v) is 5.13. The van der Waals surface area contributed by atoms with Crippen LogP contribution in [-0.2, 0) is 13.2 Å². The summed E-state index contributed by atoms with van der Waals surface area (Å²) in [5.74, 6) is 0.615. The molecule has 0 saturated heterocycles. The number of hydrogen-bond acceptors (Lipinski definition) is 4. The number of nitrogens with zero attached hydrogens (tertiary/aromatic N) is 1. The zero-order valence-corrected chi connectivity index (χ0v) is 12.3. The highest BCUT2D eigenvalue weighted by Gasteiger charge is 2.09. The Kier molecular flexibility index (Phi) is 4.21. The van der Waals surface area contributed by atoms with Crippen LogP contribution in [0.3, 0.4) is 0 Å². The van der Waals surface area contributed by atoms with Crippen LogP contribution in [0.4, 0.5) is 5.69 Å². The molecule has 0 bridgehead atoms. The van der Waals surface area contributed by atoms with E-state index in [1.54, 1.807) is 12.1 Å². The Balaban J connectivity index is 1.82. The summed E-state index contributed by atoms with van der Waals surface area (Å²) >= 11 is 0. The van der Waals surface area contributed by atoms with Gasteiger partial charge in [-0.1, -0.05) is 30.3 Å². The first-order valence-electron chi connectivity index (χ1n) is 7.16. The lowest BCUT2D eigenvalue weighted by atomic mass is 10.0. The first-order chi connectivity index (χ1) is 11.2. The van der Waals surface area contributed by atoms with Crippen molar-refractivity contribution in [2.24, 2.45) is 0 Å². The first kappa shape index (κ1) is 15.0. The summed E-state index contributed by atoms with van der Waals surface area (Å²) in [6.45, 7) is 0.167. The largest absolute Gasteiger partial charge is 0.489 e. The molecule has 0 atom stereocenters. The van der Waals surface area contributed by atoms with Crippen LogP contribution in [0.5, 0.6) is 5.75 Å². The average molecular weight is 309 g/mol. The van der Waals surface area contributed by atoms with Gasteiger partial charge in [-0.15, -0.1) is 0 Å². The van der Waals surface area contributed by atoms with E-state index in [1.165, 1.54) is 12.1 Å². The number of nitro benzene ring substituents is 1. The number of hydrogen-bond donors (Lipinski definition) is 1. The van der Waals surface area contributed by atoms with Crippen molar-refractivity contribution in [3.8, 4) is 5.75 Å². The summed E-state index contributed by atoms with van der Waals surface area (Å²) in [6, 6.07) is 17.8. The van der Waals surface area contributed by atoms with Crippen LogP contribution in [0, 0.1) is 10.1 Å². The maximum atomic E-state index is 10.6. The molecule has 0 radical (unpaired) electrons. The third kappa shape index (κ3) is 3.14. The number of aliphatic hydroxyl groups excluding tert-OH is 1. The molecular weight excluding hydrogens is 294 g/mol. The monoisotopic (exact) mass is 309 g/mol. The fraction of sp³-hybridized carbons (Fsp3) is 0.111. The van der Waals surface area contributed by atoms with Gasteiger partial charge in [0.1, 0.15) is 12.4 Å². The second kappa shape index (κ2) is 6.46. The van der Waals surface area contributed by atoms with Crippen LogP contribution in [0.25, 0.3) is 10.8 Å². The van der Waals surface area contributed by atoms with E-state index in [4.69, 9.17) is 4.74 Å². The molecule has 3 aromatic carbocycles. The normalized spacial score (nSPS) is 10.7. The molecule has 0 aliphatic rings. The maximum Gasteiger partial charge on any atom is 0.269 e. The van der Waals surface area contributed by atoms with Gasteiger partial charge in [0.2, 0.25) is 0 Å². The van der Waals surface area contributed by atoms with E-state index in [0.717, 1.165) is 21.9 Å². The number of benzene rings is 3. The summed E-state index contributed by atoms with van der Waals surface area (Å²) in [6.07, 6.45) is 0. The summed E-state index contributed by atoms with van der Waals surface area (Å²) < 4.78 is 5.79. The van der Waals surface area contributed by atoms with Gasteiger partial charge in [0.05, 0.1) is 11.5 Å². The van der Waals surface area contributed by atoms with Crippen molar-refractivity contribution in [3.63, 3.8) is 0 Å². The molecule has 5 heteroatoms. The van der Waals surface area contributed by atoms with Crippen LogP contribution >= 0.6 is 0 Å². The van der Waals surface area contributed by atoms with Gasteiger partial charge in [-0.3, -0.25) is 10.1 Å². The fourth-order valence-electron chi connectivity index (χ4n) is 2.49. The van der Waals surface area contributed by atoms with Gasteiger partial charge >= 0.3 is 0 Å². The Morgan fingerprint density at radius 3 is 2.43 bits per heavy atom. The van der Waals surface area contributed by atoms with Crippen molar-refractivity contribution >= 4 is 16.5 Å². The lowest BCUT2D eigenvalue weighted by molar-refractivity contribution is -0.384. The Morgan fingerprint density at radius 2 is 1.74 bits per heavy atom. The van der Waals surface area contributed by atoms with E-state index in [9.17, 15) is 15.2 Å². The van der Waals surface area contributed by atoms with Crippen molar-refractivity contribution in [2.75, 3.05) is 0 Å². The van der Waals surface area contributed by atoms with E-state index < -0.39 is 4.92 Å². The Hall–Kier alpha value is -2.92. The topological polar surface area (TPSA) is 72.6 Å². The molecule has 0 fully saturated rings. The van der Waals surface area contributed by atoms with Crippen LogP contribution in [0.1, 0.15) is 11.1 Å². The molecule has 5 nitrogen and oxygen atoms in total. The van der Waals surface area contributed by atoms with Gasteiger partial charge in [-0.05, 0) is 34.5 Å². The van der Waals surface area contributed by atoms with Crippen molar-refractivity contribution in [1.82, 2.24) is 0 Å². The summed E-state index contributed by atoms with van der Waals surface area (Å²) in [5.41, 5.74) is 1.62. The van der Waals surface area contributed by atoms with E-state index in [2.05, 4.69) is 0 Å². The molecule has 3 aromatic rings. The van der Waals surface area contributed by atoms with E-state index in [0.29, 0.717) is 5.75 Å². The molecule has 23 heavy (non-hydrogen) atoms. The minimum absolute atomic E-state index is 0.0514. The number of rotatable bonds is 5. The Labute approximate surface area is 132 Å². The number of aliphatic hydroxyl groups is 1. The molecule has 0 aliphatic carbocycles. The van der Waals surface area contributed by atoms with E-state index in [-0.39, 0.29) is 18.9 Å². The van der Waals surface area contributed by atoms with Gasteiger partial charge in [-0.2, -0.15) is 0 Å². The van der Waals surface area contributed by atoms with Crippen LogP contribution in [0.2, 0.25) is 0 Å². The SMILES string of the molecule is O=[N+]([O-])c1ccc(COc2ccc3ccccc3c2CO)cc1. The van der Waals surface area contributed by atoms with Crippen LogP contribution in [-0.4, -0.2) is 10.0 Å². The maximum absolute atomic E-state index is 10.6. The molecule has 3 rings (SSSR count). The predicted octanol–water partition coefficient (Wildman–Crippen LogP) is 3.82. The standard InChI is InChI=1S/C18H15NO4/c20-11-17-16-4-2-1-3-14(16)7-10-18(17)23-12-13-5-8-15(9-6-13)19(21)22/h1-10,20H,11-12H2. The molecule has 0 unspecified atom stereocenters. The van der Waals surface area contributed by atoms with Gasteiger partial charge in [0.15, 0.2) is 0 Å². The summed E-state index contributed by atoms with van der Waals surface area (Å²) in [4.78, 5) is 10.2. The number of nitro groups is 1. The summed E-state index contributed by atoms with van der Waals surface area (Å²) in [5, 5.41) is 22.3. The predicted molar refractivity (Wildman–Crippen MR) is 87.3 cm³/mol. The van der Waals surface area contributed by atoms with E-state index in [1.807, 2.05) is 36.4 Å². The first-order valence-corrected chi connectivity index (χ1v) is 7.16. The van der Waals surface area contributed by atoms with Crippen LogP contribution in [0.15, 0.2) is 60.7 Å². The third-order valence-electron chi connectivity index (χ3n) is 3.70. The highest BCUT2D eigenvalue weighted by atomic mass is 16.6. The summed E-state index contributed by atoms with van der Waals surface area (Å²) in [7, 11) is 0. The number of fused-ring (bicyclic) bond motifs is 1. The molecule has 0 aromatic heterocycles. The van der Waals surface area contributed by atoms with Crippen molar-refractivity contribution < 1.29 is 14.8 Å². The average Bonchev–Trinajstić information content (AvgIpc) is 2.59. The molecule has 1 N–H and O–H groups in total. The van der Waals surface area contributed by atoms with Crippen molar-refractivity contribution in [2.45, 2.75) is 13.2 Å². The molecule has 0 spiro atoms. The molecule has 0 amide bonds. The highest BCUT2D eigenvalue weighted by Crippen LogP contribution is 2.28. The van der Waals surface area contributed by atoms with E-state index >= 15 is 0 Å². The van der Waals surface area contributed by atoms with Gasteiger partial charge in [0.25, 0.3) is 5.69 Å². The number of ether oxygens (including phenoxy) is 1. The minimum Gasteiger partial charge on any atom is -0.489 e. The minimum atomic E-state index is -0.433. The quantitative estimate of drug-likeness (QED) is 0.574. The highest BCUT2D eigenvalue weighted by molar-refractivity contribution is 5.87. The molecule has 0 saturated carbocycles. The smallest absolute Gasteiger partial charge is 0.269 e. The van der Waals surface area contributed by atoms with Gasteiger partial charge in [0, 0.05) is 17.7 Å². The zero-order chi connectivity index (χ0) is 16.2. The third-order valence-corrected chi connectivity index (χ3v) is 3.70. The lowest BCUT2D eigenvalue weighted by Gasteiger charge is -2.12. The molecule has 0 aliphatic heterocycles. The van der Waals surface area contributed by atoms with Gasteiger partial charge < -0.3 is 9.84 Å². The Morgan fingerprint density at radius 1 is 1.00 bits per heavy atom. The molecule has 116 valence electrons. The molecular formula is C18H15NO4.